The molecule has 150 valence electrons. The number of benzene rings is 2. The number of rotatable bonds is 12. The summed E-state index contributed by atoms with van der Waals surface area (Å²) in [4.78, 5) is 22.7. The number of anilines is 1. The lowest BCUT2D eigenvalue weighted by atomic mass is 10.1. The molecule has 0 aliphatic heterocycles. The third-order valence-electron chi connectivity index (χ3n) is 4.40. The normalized spacial score (nSPS) is 10.5. The highest BCUT2D eigenvalue weighted by Gasteiger charge is 2.04. The predicted molar refractivity (Wildman–Crippen MR) is 111 cm³/mol. The van der Waals surface area contributed by atoms with Gasteiger partial charge in [-0.25, -0.2) is 0 Å². The van der Waals surface area contributed by atoms with E-state index < -0.39 is 5.97 Å². The fourth-order valence-electron chi connectivity index (χ4n) is 2.81. The molecule has 0 saturated heterocycles. The highest BCUT2D eigenvalue weighted by molar-refractivity contribution is 5.90. The van der Waals surface area contributed by atoms with Crippen LogP contribution in [0.4, 0.5) is 5.69 Å². The highest BCUT2D eigenvalue weighted by atomic mass is 16.5. The molecule has 2 aromatic rings. The Labute approximate surface area is 166 Å². The maximum absolute atomic E-state index is 12.0. The Morgan fingerprint density at radius 1 is 0.929 bits per heavy atom. The van der Waals surface area contributed by atoms with E-state index in [2.05, 4.69) is 24.4 Å². The van der Waals surface area contributed by atoms with E-state index >= 15 is 0 Å². The molecule has 0 radical (unpaired) electrons. The highest BCUT2D eigenvalue weighted by Crippen LogP contribution is 2.15. The van der Waals surface area contributed by atoms with Crippen LogP contribution in [0, 0.1) is 0 Å². The van der Waals surface area contributed by atoms with Crippen molar-refractivity contribution in [3.63, 3.8) is 0 Å². The summed E-state index contributed by atoms with van der Waals surface area (Å²) in [5.41, 5.74) is 2.65. The molecule has 0 atom stereocenters. The minimum atomic E-state index is -0.865. The second-order valence-corrected chi connectivity index (χ2v) is 6.87. The summed E-state index contributed by atoms with van der Waals surface area (Å²) in [7, 11) is 0. The number of carboxylic acid groups (broad SMARTS) is 1. The Bertz CT molecular complexity index is 738. The first kappa shape index (κ1) is 21.5. The van der Waals surface area contributed by atoms with E-state index in [1.807, 2.05) is 12.1 Å². The van der Waals surface area contributed by atoms with Gasteiger partial charge in [-0.3, -0.25) is 9.59 Å². The fourth-order valence-corrected chi connectivity index (χ4v) is 2.81. The Hall–Kier alpha value is -2.82. The molecule has 0 bridgehead atoms. The van der Waals surface area contributed by atoms with Crippen molar-refractivity contribution in [1.82, 2.24) is 0 Å². The quantitative estimate of drug-likeness (QED) is 0.514. The molecule has 2 N–H and O–H groups in total. The van der Waals surface area contributed by atoms with Crippen molar-refractivity contribution in [2.24, 2.45) is 0 Å². The average Bonchev–Trinajstić information content (AvgIpc) is 2.68. The van der Waals surface area contributed by atoms with Gasteiger partial charge in [0, 0.05) is 12.1 Å². The lowest BCUT2D eigenvalue weighted by Crippen LogP contribution is -2.11. The molecule has 0 aromatic heterocycles. The molecular weight excluding hydrogens is 354 g/mol. The van der Waals surface area contributed by atoms with Crippen LogP contribution in [0.5, 0.6) is 5.75 Å². The molecule has 5 nitrogen and oxygen atoms in total. The first-order chi connectivity index (χ1) is 13.6. The second kappa shape index (κ2) is 11.8. The summed E-state index contributed by atoms with van der Waals surface area (Å²) in [6.45, 7) is 2.90. The van der Waals surface area contributed by atoms with Crippen molar-refractivity contribution >= 4 is 17.6 Å². The Morgan fingerprint density at radius 2 is 1.61 bits per heavy atom. The number of nitrogens with one attached hydrogen (secondary N) is 1. The zero-order valence-corrected chi connectivity index (χ0v) is 16.4. The number of aliphatic carboxylic acids is 1. The first-order valence-electron chi connectivity index (χ1n) is 9.89. The third kappa shape index (κ3) is 8.25. The molecule has 0 spiro atoms. The maximum atomic E-state index is 12.0. The smallest absolute Gasteiger partial charge is 0.307 e. The van der Waals surface area contributed by atoms with Gasteiger partial charge in [-0.15, -0.1) is 0 Å². The average molecular weight is 383 g/mol. The molecule has 0 aliphatic rings. The first-order valence-corrected chi connectivity index (χ1v) is 9.89. The monoisotopic (exact) mass is 383 g/mol. The summed E-state index contributed by atoms with van der Waals surface area (Å²) >= 11 is 0. The van der Waals surface area contributed by atoms with Crippen molar-refractivity contribution in [3.05, 3.63) is 59.7 Å². The van der Waals surface area contributed by atoms with Crippen molar-refractivity contribution in [2.75, 3.05) is 11.9 Å². The predicted octanol–water partition coefficient (Wildman–Crippen LogP) is 4.84. The van der Waals surface area contributed by atoms with Crippen LogP contribution in [0.1, 0.15) is 50.2 Å². The number of amides is 1. The zero-order valence-electron chi connectivity index (χ0n) is 16.4. The number of aryl methyl sites for hydroxylation is 1. The largest absolute Gasteiger partial charge is 0.494 e. The number of carbonyl (C=O) groups is 2. The Kier molecular flexibility index (Phi) is 9.05. The van der Waals surface area contributed by atoms with E-state index in [1.54, 1.807) is 24.3 Å². The molecular formula is C23H29NO4. The molecule has 0 fully saturated rings. The van der Waals surface area contributed by atoms with Crippen molar-refractivity contribution < 1.29 is 19.4 Å². The molecule has 1 amide bonds. The van der Waals surface area contributed by atoms with Crippen LogP contribution in [-0.2, 0) is 22.4 Å². The molecule has 28 heavy (non-hydrogen) atoms. The maximum Gasteiger partial charge on any atom is 0.307 e. The minimum absolute atomic E-state index is 0.0138. The van der Waals surface area contributed by atoms with Gasteiger partial charge in [0.2, 0.25) is 5.91 Å². The number of carbonyl (C=O) groups excluding carboxylic acids is 1. The summed E-state index contributed by atoms with van der Waals surface area (Å²) in [5.74, 6) is 0.0204. The van der Waals surface area contributed by atoms with E-state index in [0.717, 1.165) is 44.5 Å². The van der Waals surface area contributed by atoms with Gasteiger partial charge in [0.05, 0.1) is 13.0 Å². The second-order valence-electron chi connectivity index (χ2n) is 6.87. The van der Waals surface area contributed by atoms with Gasteiger partial charge in [0.15, 0.2) is 0 Å². The zero-order chi connectivity index (χ0) is 20.2. The number of hydrogen-bond donors (Lipinski definition) is 2. The standard InChI is InChI=1S/C23H29NO4/c1-2-3-16-28-21-14-10-18(11-15-21)6-4-5-7-22(25)24-20-12-8-19(9-13-20)17-23(26)27/h8-15H,2-7,16-17H2,1H3,(H,24,25)(H,26,27). The third-order valence-corrected chi connectivity index (χ3v) is 4.40. The minimum Gasteiger partial charge on any atom is -0.494 e. The lowest BCUT2D eigenvalue weighted by molar-refractivity contribution is -0.136. The van der Waals surface area contributed by atoms with Crippen LogP contribution in [-0.4, -0.2) is 23.6 Å². The van der Waals surface area contributed by atoms with Gasteiger partial charge in [-0.2, -0.15) is 0 Å². The van der Waals surface area contributed by atoms with Crippen LogP contribution in [0.2, 0.25) is 0 Å². The van der Waals surface area contributed by atoms with Crippen molar-refractivity contribution in [2.45, 2.75) is 51.9 Å². The van der Waals surface area contributed by atoms with E-state index in [-0.39, 0.29) is 12.3 Å². The van der Waals surface area contributed by atoms with Gasteiger partial charge >= 0.3 is 5.97 Å². The van der Waals surface area contributed by atoms with E-state index in [4.69, 9.17) is 9.84 Å². The summed E-state index contributed by atoms with van der Waals surface area (Å²) < 4.78 is 5.66. The van der Waals surface area contributed by atoms with Crippen LogP contribution in [0.25, 0.3) is 0 Å². The van der Waals surface area contributed by atoms with Gasteiger partial charge in [-0.05, 0) is 61.1 Å². The molecule has 0 unspecified atom stereocenters. The van der Waals surface area contributed by atoms with Crippen molar-refractivity contribution in [3.8, 4) is 5.75 Å². The molecule has 0 saturated carbocycles. The van der Waals surface area contributed by atoms with Crippen LogP contribution in [0.15, 0.2) is 48.5 Å². The Morgan fingerprint density at radius 3 is 2.25 bits per heavy atom. The molecule has 5 heteroatoms. The molecule has 0 heterocycles. The van der Waals surface area contributed by atoms with Crippen LogP contribution < -0.4 is 10.1 Å². The number of hydrogen-bond acceptors (Lipinski definition) is 3. The van der Waals surface area contributed by atoms with Crippen LogP contribution >= 0.6 is 0 Å². The molecule has 2 aromatic carbocycles. The lowest BCUT2D eigenvalue weighted by Gasteiger charge is -2.07. The summed E-state index contributed by atoms with van der Waals surface area (Å²) in [6, 6.07) is 15.1. The summed E-state index contributed by atoms with van der Waals surface area (Å²) in [5, 5.41) is 11.6. The van der Waals surface area contributed by atoms with Gasteiger partial charge < -0.3 is 15.2 Å². The van der Waals surface area contributed by atoms with Gasteiger partial charge in [0.1, 0.15) is 5.75 Å². The topological polar surface area (TPSA) is 75.6 Å². The van der Waals surface area contributed by atoms with Gasteiger partial charge in [-0.1, -0.05) is 37.6 Å². The van der Waals surface area contributed by atoms with Crippen LogP contribution in [0.3, 0.4) is 0 Å². The number of ether oxygens (including phenoxy) is 1. The van der Waals surface area contributed by atoms with Gasteiger partial charge in [0.25, 0.3) is 0 Å². The molecule has 2 rings (SSSR count). The molecule has 0 aliphatic carbocycles. The van der Waals surface area contributed by atoms with Crippen molar-refractivity contribution in [1.29, 1.82) is 0 Å². The SMILES string of the molecule is CCCCOc1ccc(CCCCC(=O)Nc2ccc(CC(=O)O)cc2)cc1. The fraction of sp³-hybridized carbons (Fsp3) is 0.391. The van der Waals surface area contributed by atoms with E-state index in [1.165, 1.54) is 5.56 Å². The Balaban J connectivity index is 1.64. The van der Waals surface area contributed by atoms with E-state index in [9.17, 15) is 9.59 Å². The number of carboxylic acids is 1. The summed E-state index contributed by atoms with van der Waals surface area (Å²) in [6.07, 6.45) is 5.35. The number of unbranched alkanes of at least 4 members (excludes halogenated alkanes) is 2. The van der Waals surface area contributed by atoms with E-state index in [0.29, 0.717) is 17.7 Å².